The van der Waals surface area contributed by atoms with Crippen molar-refractivity contribution in [1.82, 2.24) is 5.16 Å². The molecule has 43 heavy (non-hydrogen) atoms. The monoisotopic (exact) mass is 601 g/mol. The van der Waals surface area contributed by atoms with Crippen LogP contribution in [0.2, 0.25) is 0 Å². The van der Waals surface area contributed by atoms with Gasteiger partial charge in [0.25, 0.3) is 0 Å². The first-order valence-electron chi connectivity index (χ1n) is 15.6. The van der Waals surface area contributed by atoms with Crippen LogP contribution in [-0.4, -0.2) is 68.7 Å². The smallest absolute Gasteiger partial charge is 0.344 e. The summed E-state index contributed by atoms with van der Waals surface area (Å²) < 4.78 is 17.4. The highest BCUT2D eigenvalue weighted by atomic mass is 16.6. The summed E-state index contributed by atoms with van der Waals surface area (Å²) in [4.78, 5) is 41.5. The quantitative estimate of drug-likeness (QED) is 0.203. The molecule has 10 heteroatoms. The number of ketones is 1. The summed E-state index contributed by atoms with van der Waals surface area (Å²) in [6.45, 7) is 12.3. The van der Waals surface area contributed by atoms with Crippen molar-refractivity contribution in [3.8, 4) is 0 Å². The molecule has 0 unspecified atom stereocenters. The molecule has 0 radical (unpaired) electrons. The van der Waals surface area contributed by atoms with Gasteiger partial charge in [-0.2, -0.15) is 0 Å². The van der Waals surface area contributed by atoms with Crippen molar-refractivity contribution >= 4 is 17.7 Å². The van der Waals surface area contributed by atoms with Crippen molar-refractivity contribution < 1.29 is 43.7 Å². The number of rotatable bonds is 10. The Labute approximate surface area is 253 Å². The van der Waals surface area contributed by atoms with Crippen LogP contribution >= 0.6 is 0 Å². The van der Waals surface area contributed by atoms with Crippen LogP contribution in [0.4, 0.5) is 0 Å². The van der Waals surface area contributed by atoms with E-state index in [2.05, 4.69) is 5.16 Å². The van der Waals surface area contributed by atoms with Crippen molar-refractivity contribution in [3.63, 3.8) is 0 Å². The van der Waals surface area contributed by atoms with Gasteiger partial charge in [0.2, 0.25) is 0 Å². The maximum absolute atomic E-state index is 14.8. The fourth-order valence-electron chi connectivity index (χ4n) is 7.78. The van der Waals surface area contributed by atoms with Gasteiger partial charge >= 0.3 is 11.9 Å². The van der Waals surface area contributed by atoms with Gasteiger partial charge in [-0.15, -0.1) is 0 Å². The van der Waals surface area contributed by atoms with E-state index in [1.54, 1.807) is 13.0 Å². The number of unbranched alkanes of at least 4 members (excludes halogenated alkanes) is 2. The molecule has 0 aliphatic heterocycles. The SMILES string of the molecule is CCCCCC(=O)O[C@@H]1[C@@H]2C=C(CO)[C@@H](O)[C@]3(O)[C@@H](OC(=O)c4c(CC)noc4CC)C(C)=C[C@@]3(C2=O)[C@H](C)CC1(C)C. The number of hydrogen-bond acceptors (Lipinski definition) is 10. The normalized spacial score (nSPS) is 33.2. The van der Waals surface area contributed by atoms with Gasteiger partial charge in [-0.3, -0.25) is 9.59 Å². The fraction of sp³-hybridized carbons (Fsp3) is 0.697. The first-order chi connectivity index (χ1) is 20.2. The maximum atomic E-state index is 14.8. The third-order valence-electron chi connectivity index (χ3n) is 9.85. The van der Waals surface area contributed by atoms with Crippen LogP contribution < -0.4 is 0 Å². The molecule has 1 saturated carbocycles. The molecule has 1 aromatic heterocycles. The van der Waals surface area contributed by atoms with Gasteiger partial charge in [0.15, 0.2) is 23.2 Å². The molecule has 3 N–H and O–H groups in total. The van der Waals surface area contributed by atoms with Gasteiger partial charge in [0.1, 0.15) is 17.8 Å². The molecule has 3 aliphatic rings. The van der Waals surface area contributed by atoms with E-state index in [9.17, 15) is 29.7 Å². The van der Waals surface area contributed by atoms with Crippen molar-refractivity contribution in [2.24, 2.45) is 22.7 Å². The number of Topliss-reactive ketones (excluding diaryl/α,β-unsaturated/α-hetero) is 1. The topological polar surface area (TPSA) is 156 Å². The first-order valence-corrected chi connectivity index (χ1v) is 15.6. The average molecular weight is 602 g/mol. The minimum absolute atomic E-state index is 0.00252. The zero-order valence-corrected chi connectivity index (χ0v) is 26.4. The Morgan fingerprint density at radius 3 is 2.44 bits per heavy atom. The predicted octanol–water partition coefficient (Wildman–Crippen LogP) is 4.04. The van der Waals surface area contributed by atoms with Crippen LogP contribution in [0.5, 0.6) is 0 Å². The Morgan fingerprint density at radius 2 is 1.84 bits per heavy atom. The number of esters is 2. The average Bonchev–Trinajstić information content (AvgIpc) is 3.45. The summed E-state index contributed by atoms with van der Waals surface area (Å²) in [6, 6.07) is 0. The lowest BCUT2D eigenvalue weighted by atomic mass is 9.59. The highest BCUT2D eigenvalue weighted by Gasteiger charge is 2.73. The molecule has 1 fully saturated rings. The molecule has 1 spiro atoms. The lowest BCUT2D eigenvalue weighted by Crippen LogP contribution is -2.65. The third-order valence-corrected chi connectivity index (χ3v) is 9.85. The largest absolute Gasteiger partial charge is 0.461 e. The lowest BCUT2D eigenvalue weighted by Gasteiger charge is -2.48. The zero-order chi connectivity index (χ0) is 31.9. The second kappa shape index (κ2) is 12.3. The van der Waals surface area contributed by atoms with Crippen molar-refractivity contribution in [2.75, 3.05) is 6.61 Å². The van der Waals surface area contributed by atoms with Gasteiger partial charge in [-0.05, 0) is 43.3 Å². The van der Waals surface area contributed by atoms with E-state index in [0.717, 1.165) is 12.8 Å². The molecule has 4 rings (SSSR count). The van der Waals surface area contributed by atoms with Crippen molar-refractivity contribution in [1.29, 1.82) is 0 Å². The number of aromatic nitrogens is 1. The molecular formula is C33H47NO9. The van der Waals surface area contributed by atoms with Crippen LogP contribution in [0, 0.1) is 22.7 Å². The Hall–Kier alpha value is -2.82. The first kappa shape index (κ1) is 33.1. The zero-order valence-electron chi connectivity index (χ0n) is 26.4. The summed E-state index contributed by atoms with van der Waals surface area (Å²) in [7, 11) is 0. The standard InChI is InChI=1S/C33H47NO9/c1-8-11-12-13-24(36)41-29-21-14-20(17-35)26(37)33(40)28(42-30(39)25-22(9-2)34-43-23(25)10-3)18(4)15-32(33,27(21)38)19(5)16-31(29,6)7/h14-15,19,21,26,28-29,35,37,40H,8-13,16-17H2,1-7H3/t19-,21-,26-,28+,29-,32+,33+/m1/s1. The van der Waals surface area contributed by atoms with Crippen LogP contribution in [0.15, 0.2) is 27.8 Å². The van der Waals surface area contributed by atoms with Gasteiger partial charge in [-0.25, -0.2) is 4.79 Å². The Morgan fingerprint density at radius 1 is 1.14 bits per heavy atom. The van der Waals surface area contributed by atoms with Crippen LogP contribution in [0.3, 0.4) is 0 Å². The van der Waals surface area contributed by atoms with Crippen molar-refractivity contribution in [3.05, 3.63) is 40.3 Å². The Bertz CT molecular complexity index is 1290. The molecule has 0 aromatic carbocycles. The molecule has 238 valence electrons. The number of aryl methyl sites for hydroxylation is 2. The molecule has 0 amide bonds. The Balaban J connectivity index is 1.83. The summed E-state index contributed by atoms with van der Waals surface area (Å²) in [6.07, 6.45) is 2.82. The number of hydrogen-bond donors (Lipinski definition) is 3. The minimum atomic E-state index is -2.35. The minimum Gasteiger partial charge on any atom is -0.461 e. The second-order valence-electron chi connectivity index (χ2n) is 13.2. The second-order valence-corrected chi connectivity index (χ2v) is 13.2. The van der Waals surface area contributed by atoms with Gasteiger partial charge < -0.3 is 29.3 Å². The molecule has 3 aliphatic carbocycles. The van der Waals surface area contributed by atoms with E-state index in [-0.39, 0.29) is 17.6 Å². The molecule has 2 bridgehead atoms. The number of carbonyl (C=O) groups is 3. The van der Waals surface area contributed by atoms with E-state index in [0.29, 0.717) is 42.7 Å². The maximum Gasteiger partial charge on any atom is 0.344 e. The molecular weight excluding hydrogens is 554 g/mol. The van der Waals surface area contributed by atoms with Crippen molar-refractivity contribution in [2.45, 2.75) is 117 Å². The summed E-state index contributed by atoms with van der Waals surface area (Å²) in [5, 5.41) is 39.0. The molecule has 7 atom stereocenters. The predicted molar refractivity (Wildman–Crippen MR) is 157 cm³/mol. The fourth-order valence-corrected chi connectivity index (χ4v) is 7.78. The number of fused-ring (bicyclic) bond motifs is 1. The summed E-state index contributed by atoms with van der Waals surface area (Å²) in [5.74, 6) is -2.94. The molecule has 1 heterocycles. The van der Waals surface area contributed by atoms with Crippen LogP contribution in [0.1, 0.15) is 102 Å². The number of aliphatic hydroxyl groups excluding tert-OH is 2. The third kappa shape index (κ3) is 5.19. The summed E-state index contributed by atoms with van der Waals surface area (Å²) in [5.41, 5.74) is -3.81. The highest BCUT2D eigenvalue weighted by molar-refractivity contribution is 5.96. The highest BCUT2D eigenvalue weighted by Crippen LogP contribution is 2.61. The van der Waals surface area contributed by atoms with Crippen LogP contribution in [0.25, 0.3) is 0 Å². The number of aliphatic hydroxyl groups is 3. The van der Waals surface area contributed by atoms with Gasteiger partial charge in [-0.1, -0.05) is 71.7 Å². The number of ether oxygens (including phenoxy) is 2. The van der Waals surface area contributed by atoms with E-state index < -0.39 is 70.9 Å². The summed E-state index contributed by atoms with van der Waals surface area (Å²) >= 11 is 0. The molecule has 10 nitrogen and oxygen atoms in total. The van der Waals surface area contributed by atoms with Crippen LogP contribution in [-0.2, 0) is 31.9 Å². The Kier molecular flexibility index (Phi) is 9.45. The molecule has 1 aromatic rings. The van der Waals surface area contributed by atoms with E-state index in [1.807, 2.05) is 41.5 Å². The van der Waals surface area contributed by atoms with E-state index in [4.69, 9.17) is 14.0 Å². The van der Waals surface area contributed by atoms with Gasteiger partial charge in [0, 0.05) is 18.3 Å². The number of carbonyl (C=O) groups excluding carboxylic acids is 3. The van der Waals surface area contributed by atoms with Gasteiger partial charge in [0.05, 0.1) is 23.6 Å². The molecule has 0 saturated heterocycles. The number of nitrogens with zero attached hydrogens (tertiary/aromatic N) is 1. The lowest BCUT2D eigenvalue weighted by molar-refractivity contribution is -0.190. The van der Waals surface area contributed by atoms with E-state index in [1.165, 1.54) is 6.08 Å². The van der Waals surface area contributed by atoms with E-state index >= 15 is 0 Å².